The number of ether oxygens (including phenoxy) is 3. The summed E-state index contributed by atoms with van der Waals surface area (Å²) >= 11 is 0. The summed E-state index contributed by atoms with van der Waals surface area (Å²) in [4.78, 5) is 67.1. The molecule has 2 aromatic rings. The summed E-state index contributed by atoms with van der Waals surface area (Å²) < 4.78 is 29.5. The smallest absolute Gasteiger partial charge is 0.412 e. The van der Waals surface area contributed by atoms with Gasteiger partial charge in [0.1, 0.15) is 11.4 Å². The van der Waals surface area contributed by atoms with Gasteiger partial charge in [0, 0.05) is 49.2 Å². The molecule has 45 heavy (non-hydrogen) atoms. The Morgan fingerprint density at radius 1 is 1.11 bits per heavy atom. The number of likely N-dealkylation sites (N-methyl/N-ethyl adjacent to an activating group) is 1. The topological polar surface area (TPSA) is 156 Å². The van der Waals surface area contributed by atoms with Crippen molar-refractivity contribution in [3.05, 3.63) is 52.1 Å². The highest BCUT2D eigenvalue weighted by atomic mass is 19.1. The summed E-state index contributed by atoms with van der Waals surface area (Å²) in [6.45, 7) is 13.7. The number of amides is 3. The average Bonchev–Trinajstić information content (AvgIpc) is 3.38. The van der Waals surface area contributed by atoms with E-state index in [4.69, 9.17) is 14.2 Å². The molecule has 0 spiro atoms. The van der Waals surface area contributed by atoms with Crippen LogP contribution in [0.2, 0.25) is 0 Å². The molecule has 2 unspecified atom stereocenters. The Kier molecular flexibility index (Phi) is 11.1. The SMILES string of the molecule is CCN(CCNC(=O)c1c(C)[nH]c(/C=C2\C(=O)Nc3ccc(F)cc32)c1C)C(=O)OC(C)OC(=O)C(C)CC(=O)OC(C)(C)C. The van der Waals surface area contributed by atoms with Crippen molar-refractivity contribution in [2.24, 2.45) is 5.92 Å². The first-order chi connectivity index (χ1) is 21.0. The third-order valence-electron chi connectivity index (χ3n) is 6.91. The molecule has 2 atom stereocenters. The number of H-pyrrole nitrogens is 1. The van der Waals surface area contributed by atoms with Crippen LogP contribution in [0.15, 0.2) is 18.2 Å². The number of carbonyl (C=O) groups is 5. The third kappa shape index (κ3) is 9.16. The summed E-state index contributed by atoms with van der Waals surface area (Å²) in [6.07, 6.45) is -0.556. The Hall–Kier alpha value is -4.68. The van der Waals surface area contributed by atoms with Crippen LogP contribution in [-0.4, -0.2) is 71.3 Å². The maximum Gasteiger partial charge on any atom is 0.412 e. The largest absolute Gasteiger partial charge is 0.460 e. The lowest BCUT2D eigenvalue weighted by Gasteiger charge is -2.24. The molecule has 3 rings (SSSR count). The van der Waals surface area contributed by atoms with E-state index in [2.05, 4.69) is 15.6 Å². The van der Waals surface area contributed by atoms with E-state index in [1.54, 1.807) is 47.6 Å². The van der Waals surface area contributed by atoms with E-state index in [1.165, 1.54) is 36.9 Å². The fourth-order valence-corrected chi connectivity index (χ4v) is 4.72. The van der Waals surface area contributed by atoms with Crippen LogP contribution in [0.25, 0.3) is 11.6 Å². The van der Waals surface area contributed by atoms with Crippen LogP contribution in [0.1, 0.15) is 80.8 Å². The number of nitrogens with zero attached hydrogens (tertiary/aromatic N) is 1. The van der Waals surface area contributed by atoms with Crippen molar-refractivity contribution >= 4 is 47.2 Å². The van der Waals surface area contributed by atoms with Gasteiger partial charge in [-0.2, -0.15) is 0 Å². The number of nitrogens with one attached hydrogen (secondary N) is 3. The number of aryl methyl sites for hydroxylation is 1. The number of aromatic amines is 1. The van der Waals surface area contributed by atoms with Gasteiger partial charge in [0.15, 0.2) is 0 Å². The van der Waals surface area contributed by atoms with Crippen LogP contribution in [-0.2, 0) is 28.6 Å². The summed E-state index contributed by atoms with van der Waals surface area (Å²) in [5.41, 5.74) is 2.60. The molecular weight excluding hydrogens is 587 g/mol. The van der Waals surface area contributed by atoms with Crippen LogP contribution in [0.4, 0.5) is 14.9 Å². The average molecular weight is 629 g/mol. The molecule has 12 nitrogen and oxygen atoms in total. The predicted molar refractivity (Wildman–Crippen MR) is 164 cm³/mol. The Bertz CT molecular complexity index is 1510. The van der Waals surface area contributed by atoms with Crippen molar-refractivity contribution in [2.75, 3.05) is 25.0 Å². The summed E-state index contributed by atoms with van der Waals surface area (Å²) in [5, 5.41) is 5.49. The minimum Gasteiger partial charge on any atom is -0.460 e. The third-order valence-corrected chi connectivity index (χ3v) is 6.91. The van der Waals surface area contributed by atoms with Gasteiger partial charge in [-0.25, -0.2) is 9.18 Å². The number of esters is 2. The number of aromatic nitrogens is 1. The lowest BCUT2D eigenvalue weighted by atomic mass is 10.0. The molecule has 0 bridgehead atoms. The number of rotatable bonds is 11. The molecular formula is C32H41FN4O8. The number of halogens is 1. The zero-order valence-electron chi connectivity index (χ0n) is 26.9. The first-order valence-corrected chi connectivity index (χ1v) is 14.7. The number of fused-ring (bicyclic) bond motifs is 1. The maximum atomic E-state index is 13.8. The molecule has 2 heterocycles. The van der Waals surface area contributed by atoms with Gasteiger partial charge in [0.05, 0.1) is 23.5 Å². The fraction of sp³-hybridized carbons (Fsp3) is 0.469. The lowest BCUT2D eigenvalue weighted by molar-refractivity contribution is -0.174. The highest BCUT2D eigenvalue weighted by molar-refractivity contribution is 6.34. The molecule has 1 aliphatic heterocycles. The van der Waals surface area contributed by atoms with Crippen molar-refractivity contribution in [2.45, 2.75) is 73.7 Å². The number of anilines is 1. The first kappa shape index (κ1) is 34.8. The molecule has 0 saturated heterocycles. The van der Waals surface area contributed by atoms with Gasteiger partial charge in [-0.15, -0.1) is 0 Å². The zero-order valence-corrected chi connectivity index (χ0v) is 26.9. The van der Waals surface area contributed by atoms with Gasteiger partial charge < -0.3 is 34.7 Å². The standard InChI is InChI=1S/C32H41FN4O8/c1-9-37(31(42)44-20(5)43-30(41)17(2)14-26(38)45-32(6,7)8)13-12-34-29(40)27-18(3)25(35-19(27)4)16-23-22-15-21(33)10-11-24(22)36-28(23)39/h10-11,15-17,20,35H,9,12-14H2,1-8H3,(H,34,40)(H,36,39)/b23-16-. The van der Waals surface area contributed by atoms with E-state index in [-0.39, 0.29) is 43.4 Å². The normalized spacial score (nSPS) is 14.7. The van der Waals surface area contributed by atoms with E-state index in [0.29, 0.717) is 33.8 Å². The number of benzene rings is 1. The van der Waals surface area contributed by atoms with Gasteiger partial charge in [-0.05, 0) is 71.4 Å². The highest BCUT2D eigenvalue weighted by Crippen LogP contribution is 2.34. The highest BCUT2D eigenvalue weighted by Gasteiger charge is 2.28. The lowest BCUT2D eigenvalue weighted by Crippen LogP contribution is -2.40. The number of carbonyl (C=O) groups excluding carboxylic acids is 5. The van der Waals surface area contributed by atoms with E-state index < -0.39 is 41.7 Å². The second-order valence-corrected chi connectivity index (χ2v) is 11.8. The van der Waals surface area contributed by atoms with Crippen molar-refractivity contribution in [3.8, 4) is 0 Å². The van der Waals surface area contributed by atoms with Crippen LogP contribution in [0, 0.1) is 25.6 Å². The van der Waals surface area contributed by atoms with Crippen LogP contribution < -0.4 is 10.6 Å². The molecule has 1 aromatic carbocycles. The Morgan fingerprint density at radius 2 is 1.80 bits per heavy atom. The van der Waals surface area contributed by atoms with Crippen molar-refractivity contribution in [3.63, 3.8) is 0 Å². The monoisotopic (exact) mass is 628 g/mol. The van der Waals surface area contributed by atoms with Gasteiger partial charge in [-0.3, -0.25) is 19.2 Å². The zero-order chi connectivity index (χ0) is 33.6. The molecule has 0 fully saturated rings. The first-order valence-electron chi connectivity index (χ1n) is 14.7. The van der Waals surface area contributed by atoms with Gasteiger partial charge in [-0.1, -0.05) is 6.92 Å². The van der Waals surface area contributed by atoms with Crippen LogP contribution in [0.3, 0.4) is 0 Å². The Balaban J connectivity index is 1.54. The summed E-state index contributed by atoms with van der Waals surface area (Å²) in [6, 6.07) is 4.04. The number of hydrogen-bond donors (Lipinski definition) is 3. The molecule has 13 heteroatoms. The molecule has 3 amide bonds. The van der Waals surface area contributed by atoms with Crippen LogP contribution in [0.5, 0.6) is 0 Å². The van der Waals surface area contributed by atoms with Gasteiger partial charge in [0.2, 0.25) is 6.29 Å². The summed E-state index contributed by atoms with van der Waals surface area (Å²) in [7, 11) is 0. The fourth-order valence-electron chi connectivity index (χ4n) is 4.72. The predicted octanol–water partition coefficient (Wildman–Crippen LogP) is 4.71. The van der Waals surface area contributed by atoms with Crippen LogP contribution >= 0.6 is 0 Å². The minimum atomic E-state index is -1.21. The molecule has 1 aromatic heterocycles. The van der Waals surface area contributed by atoms with Gasteiger partial charge >= 0.3 is 18.0 Å². The molecule has 3 N–H and O–H groups in total. The van der Waals surface area contributed by atoms with E-state index in [0.717, 1.165) is 0 Å². The molecule has 0 aliphatic carbocycles. The van der Waals surface area contributed by atoms with E-state index in [9.17, 15) is 28.4 Å². The van der Waals surface area contributed by atoms with Gasteiger partial charge in [0.25, 0.3) is 11.8 Å². The summed E-state index contributed by atoms with van der Waals surface area (Å²) in [5.74, 6) is -3.30. The molecule has 244 valence electrons. The second-order valence-electron chi connectivity index (χ2n) is 11.8. The van der Waals surface area contributed by atoms with Crippen molar-refractivity contribution in [1.82, 2.24) is 15.2 Å². The number of hydrogen-bond acceptors (Lipinski definition) is 8. The Morgan fingerprint density at radius 3 is 2.44 bits per heavy atom. The van der Waals surface area contributed by atoms with Crippen molar-refractivity contribution in [1.29, 1.82) is 0 Å². The molecule has 0 saturated carbocycles. The molecule has 1 aliphatic rings. The Labute approximate surface area is 261 Å². The quantitative estimate of drug-likeness (QED) is 0.184. The van der Waals surface area contributed by atoms with E-state index >= 15 is 0 Å². The molecule has 0 radical (unpaired) electrons. The maximum absolute atomic E-state index is 13.8. The minimum absolute atomic E-state index is 0.0956. The van der Waals surface area contributed by atoms with E-state index in [1.807, 2.05) is 0 Å². The van der Waals surface area contributed by atoms with Crippen molar-refractivity contribution < 1.29 is 42.6 Å². The second kappa shape index (κ2) is 14.4.